The van der Waals surface area contributed by atoms with Gasteiger partial charge in [0.25, 0.3) is 5.91 Å². The van der Waals surface area contributed by atoms with Crippen LogP contribution in [0.4, 0.5) is 5.69 Å². The average molecular weight is 308 g/mol. The molecule has 1 amide bonds. The van der Waals surface area contributed by atoms with Gasteiger partial charge in [-0.3, -0.25) is 14.9 Å². The Balaban J connectivity index is 2.16. The van der Waals surface area contributed by atoms with Crippen molar-refractivity contribution in [3.63, 3.8) is 0 Å². The molecule has 0 unspecified atom stereocenters. The first-order valence-corrected chi connectivity index (χ1v) is 6.22. The van der Waals surface area contributed by atoms with Gasteiger partial charge in [0.1, 0.15) is 11.3 Å². The number of hydrogen-bond acceptors (Lipinski definition) is 5. The Hall–Kier alpha value is -2.67. The molecule has 8 heteroatoms. The van der Waals surface area contributed by atoms with E-state index in [-0.39, 0.29) is 23.0 Å². The molecule has 2 rings (SSSR count). The molecule has 2 N–H and O–H groups in total. The minimum absolute atomic E-state index is 0.113. The summed E-state index contributed by atoms with van der Waals surface area (Å²) in [7, 11) is 0. The fourth-order valence-electron chi connectivity index (χ4n) is 1.68. The van der Waals surface area contributed by atoms with Gasteiger partial charge in [-0.15, -0.1) is 0 Å². The summed E-state index contributed by atoms with van der Waals surface area (Å²) < 4.78 is 0. The van der Waals surface area contributed by atoms with Crippen LogP contribution in [-0.2, 0) is 6.54 Å². The molecule has 2 aromatic rings. The van der Waals surface area contributed by atoms with E-state index in [4.69, 9.17) is 16.7 Å². The van der Waals surface area contributed by atoms with Crippen LogP contribution in [0.15, 0.2) is 36.5 Å². The largest absolute Gasteiger partial charge is 0.508 e. The maximum Gasteiger partial charge on any atom is 0.319 e. The molecule has 1 aromatic heterocycles. The van der Waals surface area contributed by atoms with E-state index in [9.17, 15) is 14.9 Å². The van der Waals surface area contributed by atoms with E-state index in [0.29, 0.717) is 0 Å². The number of phenolic OH excluding ortho intramolecular Hbond substituents is 1. The van der Waals surface area contributed by atoms with Crippen LogP contribution in [0.5, 0.6) is 5.75 Å². The highest BCUT2D eigenvalue weighted by molar-refractivity contribution is 6.32. The van der Waals surface area contributed by atoms with Gasteiger partial charge in [-0.25, -0.2) is 4.98 Å². The maximum absolute atomic E-state index is 12.0. The standard InChI is InChI=1S/C13H10ClN3O4/c14-12-11(17(20)21)10(5-6-15-12)13(19)16-7-8-1-3-9(18)4-2-8/h1-6,18H,7H2,(H,16,19). The number of halogens is 1. The second-order valence-electron chi connectivity index (χ2n) is 4.10. The summed E-state index contributed by atoms with van der Waals surface area (Å²) in [6, 6.07) is 7.45. The van der Waals surface area contributed by atoms with Gasteiger partial charge in [0.15, 0.2) is 0 Å². The van der Waals surface area contributed by atoms with Gasteiger partial charge in [0, 0.05) is 12.7 Å². The minimum atomic E-state index is -0.745. The SMILES string of the molecule is O=C(NCc1ccc(O)cc1)c1ccnc(Cl)c1[N+](=O)[O-]. The van der Waals surface area contributed by atoms with Crippen LogP contribution >= 0.6 is 11.6 Å². The number of carbonyl (C=O) groups is 1. The van der Waals surface area contributed by atoms with Crippen molar-refractivity contribution >= 4 is 23.2 Å². The van der Waals surface area contributed by atoms with Crippen LogP contribution in [-0.4, -0.2) is 20.9 Å². The maximum atomic E-state index is 12.0. The van der Waals surface area contributed by atoms with Crippen LogP contribution in [0.2, 0.25) is 5.15 Å². The monoisotopic (exact) mass is 307 g/mol. The molecule has 0 aliphatic heterocycles. The van der Waals surface area contributed by atoms with Gasteiger partial charge in [0.05, 0.1) is 4.92 Å². The van der Waals surface area contributed by atoms with Gasteiger partial charge in [-0.05, 0) is 23.8 Å². The lowest BCUT2D eigenvalue weighted by Gasteiger charge is -2.06. The van der Waals surface area contributed by atoms with Crippen molar-refractivity contribution in [1.29, 1.82) is 0 Å². The van der Waals surface area contributed by atoms with E-state index in [1.807, 2.05) is 0 Å². The van der Waals surface area contributed by atoms with E-state index >= 15 is 0 Å². The Bertz CT molecular complexity index is 688. The number of amides is 1. The molecule has 0 radical (unpaired) electrons. The number of pyridine rings is 1. The molecule has 0 spiro atoms. The molecule has 1 heterocycles. The van der Waals surface area contributed by atoms with Gasteiger partial charge >= 0.3 is 5.69 Å². The number of nitro groups is 1. The Morgan fingerprint density at radius 1 is 1.33 bits per heavy atom. The van der Waals surface area contributed by atoms with Crippen molar-refractivity contribution in [2.75, 3.05) is 0 Å². The topological polar surface area (TPSA) is 105 Å². The molecule has 0 aliphatic carbocycles. The van der Waals surface area contributed by atoms with Gasteiger partial charge in [0.2, 0.25) is 5.15 Å². The van der Waals surface area contributed by atoms with Gasteiger partial charge in [-0.1, -0.05) is 23.7 Å². The molecular formula is C13H10ClN3O4. The van der Waals surface area contributed by atoms with Crippen molar-refractivity contribution in [2.45, 2.75) is 6.54 Å². The molecule has 0 fully saturated rings. The number of phenols is 1. The first-order valence-electron chi connectivity index (χ1n) is 5.84. The van der Waals surface area contributed by atoms with E-state index < -0.39 is 16.5 Å². The van der Waals surface area contributed by atoms with E-state index in [0.717, 1.165) is 5.56 Å². The fraction of sp³-hybridized carbons (Fsp3) is 0.0769. The van der Waals surface area contributed by atoms with Crippen LogP contribution in [0.25, 0.3) is 0 Å². The van der Waals surface area contributed by atoms with Crippen molar-refractivity contribution in [2.24, 2.45) is 0 Å². The number of nitrogens with zero attached hydrogens (tertiary/aromatic N) is 2. The lowest BCUT2D eigenvalue weighted by molar-refractivity contribution is -0.385. The smallest absolute Gasteiger partial charge is 0.319 e. The zero-order valence-electron chi connectivity index (χ0n) is 10.6. The predicted molar refractivity (Wildman–Crippen MR) is 75.2 cm³/mol. The highest BCUT2D eigenvalue weighted by Gasteiger charge is 2.24. The van der Waals surface area contributed by atoms with Gasteiger partial charge in [-0.2, -0.15) is 0 Å². The van der Waals surface area contributed by atoms with E-state index in [1.54, 1.807) is 12.1 Å². The lowest BCUT2D eigenvalue weighted by atomic mass is 10.2. The zero-order chi connectivity index (χ0) is 15.4. The molecule has 0 saturated heterocycles. The highest BCUT2D eigenvalue weighted by atomic mass is 35.5. The lowest BCUT2D eigenvalue weighted by Crippen LogP contribution is -2.23. The Kier molecular flexibility index (Phi) is 4.34. The van der Waals surface area contributed by atoms with Gasteiger partial charge < -0.3 is 10.4 Å². The number of nitrogens with one attached hydrogen (secondary N) is 1. The van der Waals surface area contributed by atoms with Crippen LogP contribution in [0.3, 0.4) is 0 Å². The molecule has 1 aromatic carbocycles. The quantitative estimate of drug-likeness (QED) is 0.512. The number of rotatable bonds is 4. The summed E-state index contributed by atoms with van der Waals surface area (Å²) in [6.45, 7) is 0.163. The van der Waals surface area contributed by atoms with Crippen LogP contribution in [0, 0.1) is 10.1 Å². The summed E-state index contributed by atoms with van der Waals surface area (Å²) in [5.41, 5.74) is 0.0603. The normalized spacial score (nSPS) is 10.1. The summed E-state index contributed by atoms with van der Waals surface area (Å²) in [4.78, 5) is 25.8. The first-order chi connectivity index (χ1) is 9.99. The molecule has 0 bridgehead atoms. The highest BCUT2D eigenvalue weighted by Crippen LogP contribution is 2.25. The van der Waals surface area contributed by atoms with E-state index in [1.165, 1.54) is 24.4 Å². The second kappa shape index (κ2) is 6.19. The van der Waals surface area contributed by atoms with Crippen molar-refractivity contribution < 1.29 is 14.8 Å². The number of aromatic hydroxyl groups is 1. The summed E-state index contributed by atoms with van der Waals surface area (Å²) >= 11 is 5.64. The minimum Gasteiger partial charge on any atom is -0.508 e. The summed E-state index contributed by atoms with van der Waals surface area (Å²) in [6.07, 6.45) is 1.23. The van der Waals surface area contributed by atoms with Crippen molar-refractivity contribution in [3.8, 4) is 5.75 Å². The Morgan fingerprint density at radius 3 is 2.62 bits per heavy atom. The predicted octanol–water partition coefficient (Wildman–Crippen LogP) is 2.28. The number of carbonyl (C=O) groups excluding carboxylic acids is 1. The molecule has 0 saturated carbocycles. The molecule has 7 nitrogen and oxygen atoms in total. The van der Waals surface area contributed by atoms with Crippen molar-refractivity contribution in [3.05, 3.63) is 62.9 Å². The molecule has 108 valence electrons. The molecular weight excluding hydrogens is 298 g/mol. The third-order valence-corrected chi connectivity index (χ3v) is 2.97. The average Bonchev–Trinajstić information content (AvgIpc) is 2.45. The number of benzene rings is 1. The third kappa shape index (κ3) is 3.46. The number of hydrogen-bond donors (Lipinski definition) is 2. The summed E-state index contributed by atoms with van der Waals surface area (Å²) in [5, 5.41) is 22.3. The van der Waals surface area contributed by atoms with Crippen LogP contribution in [0.1, 0.15) is 15.9 Å². The Morgan fingerprint density at radius 2 is 2.00 bits per heavy atom. The Labute approximate surface area is 124 Å². The zero-order valence-corrected chi connectivity index (χ0v) is 11.4. The van der Waals surface area contributed by atoms with E-state index in [2.05, 4.69) is 10.3 Å². The third-order valence-electron chi connectivity index (χ3n) is 2.70. The summed E-state index contributed by atoms with van der Waals surface area (Å²) in [5.74, 6) is -0.513. The molecule has 0 aliphatic rings. The molecule has 21 heavy (non-hydrogen) atoms. The van der Waals surface area contributed by atoms with Crippen molar-refractivity contribution in [1.82, 2.24) is 10.3 Å². The fourth-order valence-corrected chi connectivity index (χ4v) is 1.90. The number of aromatic nitrogens is 1. The molecule has 0 atom stereocenters. The van der Waals surface area contributed by atoms with Crippen LogP contribution < -0.4 is 5.32 Å². The first kappa shape index (κ1) is 14.7. The second-order valence-corrected chi connectivity index (χ2v) is 4.46.